The Hall–Kier alpha value is -2.63. The van der Waals surface area contributed by atoms with E-state index in [1.165, 1.54) is 15.9 Å². The van der Waals surface area contributed by atoms with Gasteiger partial charge >= 0.3 is 5.97 Å². The van der Waals surface area contributed by atoms with Crippen LogP contribution in [0.4, 0.5) is 0 Å². The van der Waals surface area contributed by atoms with Crippen LogP contribution in [0.1, 0.15) is 37.9 Å². The molecule has 0 bridgehead atoms. The molecule has 0 radical (unpaired) electrons. The highest BCUT2D eigenvalue weighted by atomic mass is 127. The Morgan fingerprint density at radius 3 is 2.63 bits per heavy atom. The van der Waals surface area contributed by atoms with E-state index in [0.29, 0.717) is 47.1 Å². The first-order chi connectivity index (χ1) is 16.7. The summed E-state index contributed by atoms with van der Waals surface area (Å²) in [6.45, 7) is 5.90. The number of carbonyl (C=O) groups excluding carboxylic acids is 1. The molecular formula is C25H22ClIN2O5S. The molecule has 1 N–H and O–H groups in total. The van der Waals surface area contributed by atoms with Gasteiger partial charge in [-0.25, -0.2) is 9.79 Å². The summed E-state index contributed by atoms with van der Waals surface area (Å²) in [6, 6.07) is 9.77. The average Bonchev–Trinajstić information content (AvgIpc) is 3.11. The predicted octanol–water partition coefficient (Wildman–Crippen LogP) is 4.16. The number of benzene rings is 2. The van der Waals surface area contributed by atoms with Gasteiger partial charge in [-0.3, -0.25) is 9.36 Å². The van der Waals surface area contributed by atoms with Crippen molar-refractivity contribution >= 4 is 57.6 Å². The molecule has 1 aliphatic heterocycles. The van der Waals surface area contributed by atoms with E-state index >= 15 is 0 Å². The van der Waals surface area contributed by atoms with Gasteiger partial charge in [-0.15, -0.1) is 0 Å². The molecule has 10 heteroatoms. The molecule has 0 amide bonds. The van der Waals surface area contributed by atoms with Gasteiger partial charge in [0.1, 0.15) is 0 Å². The number of esters is 1. The number of phenolic OH excluding ortho intramolecular Hbond substituents is 1. The number of aromatic nitrogens is 1. The Morgan fingerprint density at radius 1 is 1.26 bits per heavy atom. The smallest absolute Gasteiger partial charge is 0.338 e. The second-order valence-corrected chi connectivity index (χ2v) is 10.2. The number of hydrogen-bond acceptors (Lipinski definition) is 7. The molecule has 0 aliphatic carbocycles. The highest BCUT2D eigenvalue weighted by Crippen LogP contribution is 2.33. The summed E-state index contributed by atoms with van der Waals surface area (Å²) in [4.78, 5) is 31.6. The first kappa shape index (κ1) is 25.5. The van der Waals surface area contributed by atoms with Crippen LogP contribution in [0.3, 0.4) is 0 Å². The zero-order chi connectivity index (χ0) is 25.3. The molecular weight excluding hydrogens is 603 g/mol. The van der Waals surface area contributed by atoms with Gasteiger partial charge in [0.05, 0.1) is 38.6 Å². The molecule has 3 aromatic rings. The van der Waals surface area contributed by atoms with Crippen LogP contribution in [0.15, 0.2) is 57.5 Å². The summed E-state index contributed by atoms with van der Waals surface area (Å²) in [7, 11) is 0. The minimum absolute atomic E-state index is 0.0588. The van der Waals surface area contributed by atoms with E-state index in [9.17, 15) is 14.7 Å². The van der Waals surface area contributed by atoms with Crippen molar-refractivity contribution in [3.8, 4) is 11.5 Å². The fourth-order valence-corrected chi connectivity index (χ4v) is 5.64. The Labute approximate surface area is 224 Å². The maximum Gasteiger partial charge on any atom is 0.338 e. The summed E-state index contributed by atoms with van der Waals surface area (Å²) in [5.74, 6) is -0.112. The summed E-state index contributed by atoms with van der Waals surface area (Å²) in [6.07, 6.45) is 1.73. The number of rotatable bonds is 6. The number of carbonyl (C=O) groups is 1. The third-order valence-electron chi connectivity index (χ3n) is 5.35. The van der Waals surface area contributed by atoms with Crippen LogP contribution in [-0.2, 0) is 9.53 Å². The van der Waals surface area contributed by atoms with Gasteiger partial charge in [0, 0.05) is 5.02 Å². The molecule has 1 aliphatic rings. The molecule has 182 valence electrons. The van der Waals surface area contributed by atoms with E-state index in [4.69, 9.17) is 21.1 Å². The first-order valence-electron chi connectivity index (χ1n) is 10.9. The van der Waals surface area contributed by atoms with Crippen molar-refractivity contribution in [2.24, 2.45) is 4.99 Å². The molecule has 2 aromatic carbocycles. The van der Waals surface area contributed by atoms with Gasteiger partial charge in [0.2, 0.25) is 0 Å². The minimum Gasteiger partial charge on any atom is -0.504 e. The van der Waals surface area contributed by atoms with Crippen LogP contribution in [0.25, 0.3) is 6.08 Å². The van der Waals surface area contributed by atoms with Crippen LogP contribution in [0, 0.1) is 3.57 Å². The summed E-state index contributed by atoms with van der Waals surface area (Å²) in [5, 5.41) is 10.8. The van der Waals surface area contributed by atoms with Gasteiger partial charge in [-0.05, 0) is 84.8 Å². The average molecular weight is 625 g/mol. The van der Waals surface area contributed by atoms with E-state index in [1.54, 1.807) is 56.3 Å². The zero-order valence-electron chi connectivity index (χ0n) is 19.2. The maximum absolute atomic E-state index is 13.7. The highest BCUT2D eigenvalue weighted by molar-refractivity contribution is 14.1. The van der Waals surface area contributed by atoms with Crippen LogP contribution < -0.4 is 19.6 Å². The lowest BCUT2D eigenvalue weighted by molar-refractivity contribution is -0.139. The van der Waals surface area contributed by atoms with Crippen LogP contribution in [0.5, 0.6) is 11.5 Å². The molecule has 1 unspecified atom stereocenters. The number of fused-ring (bicyclic) bond motifs is 1. The number of aromatic hydroxyl groups is 1. The van der Waals surface area contributed by atoms with Crippen molar-refractivity contribution in [3.05, 3.63) is 87.1 Å². The largest absolute Gasteiger partial charge is 0.504 e. The molecule has 2 heterocycles. The van der Waals surface area contributed by atoms with Crippen molar-refractivity contribution in [2.75, 3.05) is 13.2 Å². The van der Waals surface area contributed by atoms with E-state index < -0.39 is 12.0 Å². The second kappa shape index (κ2) is 10.5. The van der Waals surface area contributed by atoms with E-state index in [-0.39, 0.29) is 17.9 Å². The topological polar surface area (TPSA) is 90.1 Å². The van der Waals surface area contributed by atoms with Gasteiger partial charge in [0.25, 0.3) is 5.56 Å². The number of phenols is 1. The monoisotopic (exact) mass is 624 g/mol. The number of halogens is 2. The van der Waals surface area contributed by atoms with Crippen molar-refractivity contribution in [2.45, 2.75) is 26.8 Å². The van der Waals surface area contributed by atoms with E-state index in [0.717, 1.165) is 5.56 Å². The van der Waals surface area contributed by atoms with E-state index in [2.05, 4.69) is 4.99 Å². The summed E-state index contributed by atoms with van der Waals surface area (Å²) >= 11 is 9.34. The quantitative estimate of drug-likeness (QED) is 0.329. The van der Waals surface area contributed by atoms with Gasteiger partial charge in [-0.1, -0.05) is 35.1 Å². The van der Waals surface area contributed by atoms with Gasteiger partial charge in [0.15, 0.2) is 16.3 Å². The number of nitrogens with zero attached hydrogens (tertiary/aromatic N) is 2. The highest BCUT2D eigenvalue weighted by Gasteiger charge is 2.33. The lowest BCUT2D eigenvalue weighted by Crippen LogP contribution is -2.39. The lowest BCUT2D eigenvalue weighted by atomic mass is 9.96. The Kier molecular flexibility index (Phi) is 7.67. The zero-order valence-corrected chi connectivity index (χ0v) is 22.9. The molecule has 0 fully saturated rings. The fourth-order valence-electron chi connectivity index (χ4n) is 3.85. The van der Waals surface area contributed by atoms with Crippen molar-refractivity contribution in [3.63, 3.8) is 0 Å². The Morgan fingerprint density at radius 2 is 1.97 bits per heavy atom. The third-order valence-corrected chi connectivity index (χ3v) is 7.41. The molecule has 7 nitrogen and oxygen atoms in total. The minimum atomic E-state index is -0.705. The van der Waals surface area contributed by atoms with Gasteiger partial charge < -0.3 is 14.6 Å². The molecule has 1 atom stereocenters. The molecule has 4 rings (SSSR count). The standard InChI is InChI=1S/C25H22ClIN2O5S/c1-4-33-18-11-14(10-17(27)22(18)30)12-19-23(31)29-21(15-6-8-16(26)9-7-15)20(24(32)34-5-2)13(3)28-25(29)35-19/h6-12,21,30H,4-5H2,1-3H3. The molecule has 35 heavy (non-hydrogen) atoms. The Balaban J connectivity index is 1.93. The van der Waals surface area contributed by atoms with Gasteiger partial charge in [-0.2, -0.15) is 0 Å². The van der Waals surface area contributed by atoms with Crippen molar-refractivity contribution < 1.29 is 19.4 Å². The fraction of sp³-hybridized carbons (Fsp3) is 0.240. The number of thiazole rings is 1. The lowest BCUT2D eigenvalue weighted by Gasteiger charge is -2.24. The number of hydrogen-bond donors (Lipinski definition) is 1. The normalized spacial score (nSPS) is 15.6. The number of ether oxygens (including phenoxy) is 2. The maximum atomic E-state index is 13.7. The molecule has 0 saturated heterocycles. The van der Waals surface area contributed by atoms with E-state index in [1.807, 2.05) is 29.5 Å². The SMILES string of the molecule is CCOC(=O)C1=C(C)N=c2sc(=Cc3cc(I)c(O)c(OCC)c3)c(=O)n2C1c1ccc(Cl)cc1. The second-order valence-electron chi connectivity index (χ2n) is 7.64. The predicted molar refractivity (Wildman–Crippen MR) is 144 cm³/mol. The third kappa shape index (κ3) is 5.03. The van der Waals surface area contributed by atoms with Crippen LogP contribution in [0.2, 0.25) is 5.02 Å². The summed E-state index contributed by atoms with van der Waals surface area (Å²) in [5.41, 5.74) is 1.94. The van der Waals surface area contributed by atoms with Crippen LogP contribution >= 0.6 is 45.5 Å². The number of allylic oxidation sites excluding steroid dienone is 1. The first-order valence-corrected chi connectivity index (χ1v) is 13.1. The summed E-state index contributed by atoms with van der Waals surface area (Å²) < 4.78 is 13.4. The molecule has 0 spiro atoms. The van der Waals surface area contributed by atoms with Crippen molar-refractivity contribution in [1.29, 1.82) is 0 Å². The molecule has 1 aromatic heterocycles. The van der Waals surface area contributed by atoms with Crippen molar-refractivity contribution in [1.82, 2.24) is 4.57 Å². The van der Waals surface area contributed by atoms with Crippen LogP contribution in [-0.4, -0.2) is 28.9 Å². The Bertz CT molecular complexity index is 1510. The molecule has 0 saturated carbocycles.